The fourth-order valence-corrected chi connectivity index (χ4v) is 1.72. The van der Waals surface area contributed by atoms with E-state index in [1.165, 1.54) is 5.56 Å². The van der Waals surface area contributed by atoms with Gasteiger partial charge in [0.05, 0.1) is 0 Å². The zero-order valence-corrected chi connectivity index (χ0v) is 9.14. The third-order valence-corrected chi connectivity index (χ3v) is 2.53. The van der Waals surface area contributed by atoms with Gasteiger partial charge < -0.3 is 4.42 Å². The first-order valence-corrected chi connectivity index (χ1v) is 5.12. The summed E-state index contributed by atoms with van der Waals surface area (Å²) in [6, 6.07) is 7.85. The molecule has 0 atom stereocenters. The third kappa shape index (κ3) is 1.31. The molecule has 0 aliphatic carbocycles. The lowest BCUT2D eigenvalue weighted by Gasteiger charge is -1.97. The van der Waals surface area contributed by atoms with Crippen molar-refractivity contribution in [3.05, 3.63) is 41.8 Å². The van der Waals surface area contributed by atoms with Gasteiger partial charge in [0.1, 0.15) is 5.76 Å². The molecule has 3 rings (SSSR count). The van der Waals surface area contributed by atoms with E-state index in [-0.39, 0.29) is 0 Å². The van der Waals surface area contributed by atoms with Gasteiger partial charge in [0, 0.05) is 6.20 Å². The van der Waals surface area contributed by atoms with Crippen molar-refractivity contribution in [1.29, 1.82) is 0 Å². The van der Waals surface area contributed by atoms with Crippen molar-refractivity contribution in [3.8, 4) is 11.6 Å². The van der Waals surface area contributed by atoms with Crippen molar-refractivity contribution in [1.82, 2.24) is 14.6 Å². The average molecular weight is 213 g/mol. The van der Waals surface area contributed by atoms with E-state index in [0.717, 1.165) is 23.0 Å². The number of aryl methyl sites for hydroxylation is 2. The molecule has 0 saturated heterocycles. The summed E-state index contributed by atoms with van der Waals surface area (Å²) < 4.78 is 7.46. The van der Waals surface area contributed by atoms with Crippen LogP contribution in [0.25, 0.3) is 17.2 Å². The Labute approximate surface area is 92.5 Å². The van der Waals surface area contributed by atoms with Crippen molar-refractivity contribution in [2.75, 3.05) is 0 Å². The highest BCUT2D eigenvalue weighted by molar-refractivity contribution is 5.54. The first-order valence-electron chi connectivity index (χ1n) is 5.12. The second kappa shape index (κ2) is 3.20. The van der Waals surface area contributed by atoms with Crippen molar-refractivity contribution >= 4 is 5.65 Å². The molecule has 0 fully saturated rings. The molecular formula is C12H11N3O. The predicted octanol–water partition coefficient (Wildman–Crippen LogP) is 2.61. The molecule has 0 radical (unpaired) electrons. The molecule has 3 aromatic heterocycles. The Morgan fingerprint density at radius 2 is 2.00 bits per heavy atom. The van der Waals surface area contributed by atoms with Crippen molar-refractivity contribution < 1.29 is 4.42 Å². The Morgan fingerprint density at radius 1 is 1.12 bits per heavy atom. The highest BCUT2D eigenvalue weighted by Gasteiger charge is 2.10. The van der Waals surface area contributed by atoms with Gasteiger partial charge in [-0.2, -0.15) is 0 Å². The number of hydrogen-bond acceptors (Lipinski definition) is 3. The van der Waals surface area contributed by atoms with Gasteiger partial charge in [0.15, 0.2) is 11.4 Å². The predicted molar refractivity (Wildman–Crippen MR) is 60.2 cm³/mol. The van der Waals surface area contributed by atoms with Crippen LogP contribution in [-0.2, 0) is 0 Å². The third-order valence-electron chi connectivity index (χ3n) is 2.53. The zero-order valence-electron chi connectivity index (χ0n) is 9.14. The average Bonchev–Trinajstić information content (AvgIpc) is 2.83. The van der Waals surface area contributed by atoms with E-state index in [4.69, 9.17) is 4.42 Å². The number of pyridine rings is 1. The Morgan fingerprint density at radius 3 is 2.75 bits per heavy atom. The van der Waals surface area contributed by atoms with Crippen LogP contribution in [0.15, 0.2) is 34.9 Å². The normalized spacial score (nSPS) is 11.1. The minimum absolute atomic E-state index is 0.739. The zero-order chi connectivity index (χ0) is 11.1. The van der Waals surface area contributed by atoms with Crippen LogP contribution in [0.1, 0.15) is 11.3 Å². The maximum atomic E-state index is 5.54. The minimum Gasteiger partial charge on any atom is -0.458 e. The summed E-state index contributed by atoms with van der Waals surface area (Å²) in [6.07, 6.45) is 1.96. The van der Waals surface area contributed by atoms with E-state index in [2.05, 4.69) is 10.2 Å². The van der Waals surface area contributed by atoms with Crippen LogP contribution in [0.3, 0.4) is 0 Å². The van der Waals surface area contributed by atoms with Gasteiger partial charge in [0.2, 0.25) is 5.82 Å². The van der Waals surface area contributed by atoms with Crippen LogP contribution < -0.4 is 0 Å². The van der Waals surface area contributed by atoms with E-state index in [9.17, 15) is 0 Å². The lowest BCUT2D eigenvalue weighted by atomic mass is 10.3. The highest BCUT2D eigenvalue weighted by Crippen LogP contribution is 2.20. The standard InChI is InChI=1S/C12H11N3O/c1-8-5-6-15-11(7-8)13-14-12(15)10-4-3-9(2)16-10/h3-7H,1-2H3. The first kappa shape index (κ1) is 9.15. The molecule has 4 nitrogen and oxygen atoms in total. The van der Waals surface area contributed by atoms with Crippen LogP contribution in [0.5, 0.6) is 0 Å². The number of nitrogens with zero attached hydrogens (tertiary/aromatic N) is 3. The minimum atomic E-state index is 0.739. The summed E-state index contributed by atoms with van der Waals surface area (Å²) in [4.78, 5) is 0. The molecule has 0 unspecified atom stereocenters. The molecule has 3 heterocycles. The van der Waals surface area contributed by atoms with Crippen LogP contribution in [0.4, 0.5) is 0 Å². The van der Waals surface area contributed by atoms with Gasteiger partial charge in [0.25, 0.3) is 0 Å². The van der Waals surface area contributed by atoms with Gasteiger partial charge in [-0.1, -0.05) is 0 Å². The molecule has 3 aromatic rings. The summed E-state index contributed by atoms with van der Waals surface area (Å²) in [6.45, 7) is 3.95. The molecule has 0 N–H and O–H groups in total. The summed E-state index contributed by atoms with van der Waals surface area (Å²) >= 11 is 0. The maximum absolute atomic E-state index is 5.54. The van der Waals surface area contributed by atoms with Crippen LogP contribution >= 0.6 is 0 Å². The second-order valence-electron chi connectivity index (χ2n) is 3.87. The number of fused-ring (bicyclic) bond motifs is 1. The Hall–Kier alpha value is -2.10. The van der Waals surface area contributed by atoms with Crippen molar-refractivity contribution in [3.63, 3.8) is 0 Å². The Kier molecular flexibility index (Phi) is 1.83. The molecule has 0 aliphatic rings. The fraction of sp³-hybridized carbons (Fsp3) is 0.167. The van der Waals surface area contributed by atoms with Crippen LogP contribution in [-0.4, -0.2) is 14.6 Å². The molecule has 0 bridgehead atoms. The number of furan rings is 1. The fourth-order valence-electron chi connectivity index (χ4n) is 1.72. The maximum Gasteiger partial charge on any atom is 0.204 e. The van der Waals surface area contributed by atoms with Crippen molar-refractivity contribution in [2.45, 2.75) is 13.8 Å². The molecule has 0 aromatic carbocycles. The Bertz CT molecular complexity index is 651. The smallest absolute Gasteiger partial charge is 0.204 e. The Balaban J connectivity index is 2.25. The number of hydrogen-bond donors (Lipinski definition) is 0. The molecule has 0 spiro atoms. The molecule has 0 aliphatic heterocycles. The van der Waals surface area contributed by atoms with E-state index >= 15 is 0 Å². The topological polar surface area (TPSA) is 43.3 Å². The molecule has 0 saturated carbocycles. The highest BCUT2D eigenvalue weighted by atomic mass is 16.3. The quantitative estimate of drug-likeness (QED) is 0.624. The lowest BCUT2D eigenvalue weighted by Crippen LogP contribution is -1.88. The molecule has 80 valence electrons. The molecular weight excluding hydrogens is 202 g/mol. The monoisotopic (exact) mass is 213 g/mol. The van der Waals surface area contributed by atoms with Gasteiger partial charge in [-0.3, -0.25) is 4.40 Å². The van der Waals surface area contributed by atoms with E-state index in [1.807, 2.05) is 48.7 Å². The first-order chi connectivity index (χ1) is 7.74. The summed E-state index contributed by atoms with van der Waals surface area (Å²) in [5.74, 6) is 2.36. The van der Waals surface area contributed by atoms with Crippen LogP contribution in [0.2, 0.25) is 0 Å². The van der Waals surface area contributed by atoms with E-state index < -0.39 is 0 Å². The SMILES string of the molecule is Cc1ccn2c(-c3ccc(C)o3)nnc2c1. The number of rotatable bonds is 1. The summed E-state index contributed by atoms with van der Waals surface area (Å²) in [5, 5.41) is 8.26. The summed E-state index contributed by atoms with van der Waals surface area (Å²) in [7, 11) is 0. The molecule has 0 amide bonds. The van der Waals surface area contributed by atoms with Gasteiger partial charge in [-0.15, -0.1) is 10.2 Å². The van der Waals surface area contributed by atoms with E-state index in [0.29, 0.717) is 0 Å². The molecule has 4 heteroatoms. The lowest BCUT2D eigenvalue weighted by molar-refractivity contribution is 0.543. The number of aromatic nitrogens is 3. The second-order valence-corrected chi connectivity index (χ2v) is 3.87. The summed E-state index contributed by atoms with van der Waals surface area (Å²) in [5.41, 5.74) is 2.01. The van der Waals surface area contributed by atoms with Crippen molar-refractivity contribution in [2.24, 2.45) is 0 Å². The largest absolute Gasteiger partial charge is 0.458 e. The van der Waals surface area contributed by atoms with Gasteiger partial charge >= 0.3 is 0 Å². The van der Waals surface area contributed by atoms with Gasteiger partial charge in [-0.05, 0) is 43.7 Å². The molecule has 16 heavy (non-hydrogen) atoms. The van der Waals surface area contributed by atoms with Gasteiger partial charge in [-0.25, -0.2) is 0 Å². The van der Waals surface area contributed by atoms with E-state index in [1.54, 1.807) is 0 Å². The van der Waals surface area contributed by atoms with Crippen LogP contribution in [0, 0.1) is 13.8 Å².